The van der Waals surface area contributed by atoms with Gasteiger partial charge in [0.1, 0.15) is 11.4 Å². The number of carbonyl (C=O) groups is 2. The van der Waals surface area contributed by atoms with Crippen molar-refractivity contribution < 1.29 is 14.7 Å². The van der Waals surface area contributed by atoms with Crippen molar-refractivity contribution in [2.75, 3.05) is 13.7 Å². The third-order valence-electron chi connectivity index (χ3n) is 2.97. The normalized spacial score (nSPS) is 20.6. The molecule has 2 aliphatic heterocycles. The van der Waals surface area contributed by atoms with E-state index < -0.39 is 0 Å². The van der Waals surface area contributed by atoms with Gasteiger partial charge in [0, 0.05) is 19.2 Å². The van der Waals surface area contributed by atoms with E-state index in [0.29, 0.717) is 34.4 Å². The van der Waals surface area contributed by atoms with E-state index in [4.69, 9.17) is 10.8 Å². The highest BCUT2D eigenvalue weighted by Gasteiger charge is 2.28. The maximum atomic E-state index is 11.9. The Kier molecular flexibility index (Phi) is 4.43. The Morgan fingerprint density at radius 3 is 2.67 bits per heavy atom. The SMILES string of the molecule is CO.NC1=NC(=C2CCNC(=O)c3[nH]c(Br)cc32)C(=O)N1. The standard InChI is InChI=1S/C11H10BrN5O2.CH4O/c12-6-3-5-4(7-10(19)17-11(13)16-7)1-2-14-9(18)8(5)15-6;1-2/h3,15H,1-2H2,(H,14,18)(H3,13,16,17,19);2H,1H3. The maximum absolute atomic E-state index is 11.9. The molecule has 0 radical (unpaired) electrons. The van der Waals surface area contributed by atoms with E-state index in [-0.39, 0.29) is 23.5 Å². The van der Waals surface area contributed by atoms with E-state index in [9.17, 15) is 9.59 Å². The number of nitrogens with two attached hydrogens (primary N) is 1. The van der Waals surface area contributed by atoms with Crippen LogP contribution in [0.4, 0.5) is 0 Å². The van der Waals surface area contributed by atoms with Crippen LogP contribution >= 0.6 is 15.9 Å². The number of guanidine groups is 1. The number of nitrogens with one attached hydrogen (secondary N) is 3. The van der Waals surface area contributed by atoms with Crippen LogP contribution in [0.25, 0.3) is 5.57 Å². The minimum absolute atomic E-state index is 0.0761. The quantitative estimate of drug-likeness (QED) is 0.407. The molecule has 112 valence electrons. The van der Waals surface area contributed by atoms with Crippen LogP contribution in [-0.4, -0.2) is 41.5 Å². The van der Waals surface area contributed by atoms with Crippen LogP contribution in [0.1, 0.15) is 22.5 Å². The van der Waals surface area contributed by atoms with Crippen molar-refractivity contribution in [1.82, 2.24) is 15.6 Å². The average molecular weight is 356 g/mol. The van der Waals surface area contributed by atoms with E-state index in [1.165, 1.54) is 0 Å². The smallest absolute Gasteiger partial charge is 0.277 e. The number of carbonyl (C=O) groups excluding carboxylic acids is 2. The van der Waals surface area contributed by atoms with Gasteiger partial charge in [-0.1, -0.05) is 0 Å². The molecule has 6 N–H and O–H groups in total. The van der Waals surface area contributed by atoms with Gasteiger partial charge in [0.2, 0.25) is 5.96 Å². The fraction of sp³-hybridized carbons (Fsp3) is 0.250. The minimum atomic E-state index is -0.342. The van der Waals surface area contributed by atoms with Crippen LogP contribution < -0.4 is 16.4 Å². The summed E-state index contributed by atoms with van der Waals surface area (Å²) in [4.78, 5) is 30.6. The summed E-state index contributed by atoms with van der Waals surface area (Å²) in [6.07, 6.45) is 0.516. The van der Waals surface area contributed by atoms with E-state index >= 15 is 0 Å². The molecule has 9 heteroatoms. The Balaban J connectivity index is 0.000000774. The van der Waals surface area contributed by atoms with Gasteiger partial charge in [-0.15, -0.1) is 0 Å². The van der Waals surface area contributed by atoms with E-state index in [2.05, 4.69) is 36.5 Å². The fourth-order valence-electron chi connectivity index (χ4n) is 2.19. The number of aliphatic hydroxyl groups excluding tert-OH is 1. The van der Waals surface area contributed by atoms with Gasteiger partial charge in [-0.2, -0.15) is 0 Å². The number of H-pyrrole nitrogens is 1. The van der Waals surface area contributed by atoms with E-state index in [1.807, 2.05) is 0 Å². The largest absolute Gasteiger partial charge is 0.400 e. The first kappa shape index (κ1) is 15.3. The molecule has 0 unspecified atom stereocenters. The van der Waals surface area contributed by atoms with Gasteiger partial charge < -0.3 is 21.1 Å². The van der Waals surface area contributed by atoms with Gasteiger partial charge in [-0.3, -0.25) is 14.9 Å². The molecule has 2 amide bonds. The lowest BCUT2D eigenvalue weighted by Crippen LogP contribution is -2.30. The predicted octanol–water partition coefficient (Wildman–Crippen LogP) is -0.325. The molecule has 0 spiro atoms. The number of aliphatic imine (C=N–C) groups is 1. The number of halogens is 1. The second-order valence-corrected chi connectivity index (χ2v) is 5.04. The Morgan fingerprint density at radius 1 is 1.33 bits per heavy atom. The first-order valence-electron chi connectivity index (χ1n) is 6.06. The van der Waals surface area contributed by atoms with Gasteiger partial charge in [0.05, 0.1) is 4.60 Å². The summed E-state index contributed by atoms with van der Waals surface area (Å²) in [5.41, 5.74) is 7.55. The van der Waals surface area contributed by atoms with Crippen molar-refractivity contribution in [3.05, 3.63) is 27.6 Å². The Labute approximate surface area is 128 Å². The minimum Gasteiger partial charge on any atom is -0.400 e. The lowest BCUT2D eigenvalue weighted by molar-refractivity contribution is -0.115. The van der Waals surface area contributed by atoms with Gasteiger partial charge in [0.25, 0.3) is 11.8 Å². The number of rotatable bonds is 0. The summed E-state index contributed by atoms with van der Waals surface area (Å²) in [6.45, 7) is 0.445. The van der Waals surface area contributed by atoms with Gasteiger partial charge in [0.15, 0.2) is 0 Å². The topological polar surface area (TPSA) is 133 Å². The van der Waals surface area contributed by atoms with Crippen molar-refractivity contribution in [2.24, 2.45) is 10.7 Å². The van der Waals surface area contributed by atoms with Crippen LogP contribution in [0.15, 0.2) is 21.4 Å². The number of hydrogen-bond acceptors (Lipinski definition) is 5. The molecule has 1 aromatic heterocycles. The second-order valence-electron chi connectivity index (χ2n) is 4.19. The van der Waals surface area contributed by atoms with E-state index in [1.54, 1.807) is 6.07 Å². The molecular formula is C12H14BrN5O3. The van der Waals surface area contributed by atoms with Crippen LogP contribution in [0, 0.1) is 0 Å². The van der Waals surface area contributed by atoms with Gasteiger partial charge >= 0.3 is 0 Å². The first-order chi connectivity index (χ1) is 10.1. The number of hydrogen-bond donors (Lipinski definition) is 5. The second kappa shape index (κ2) is 6.10. The molecule has 0 saturated heterocycles. The fourth-order valence-corrected chi connectivity index (χ4v) is 2.62. The molecule has 0 saturated carbocycles. The average Bonchev–Trinajstić information content (AvgIpc) is 2.96. The molecule has 0 aromatic carbocycles. The zero-order valence-corrected chi connectivity index (χ0v) is 12.7. The number of fused-ring (bicyclic) bond motifs is 1. The summed E-state index contributed by atoms with van der Waals surface area (Å²) >= 11 is 3.29. The molecule has 3 heterocycles. The van der Waals surface area contributed by atoms with Crippen molar-refractivity contribution >= 4 is 39.3 Å². The summed E-state index contributed by atoms with van der Waals surface area (Å²) in [6, 6.07) is 1.76. The molecule has 21 heavy (non-hydrogen) atoms. The Hall–Kier alpha value is -2.13. The summed E-state index contributed by atoms with van der Waals surface area (Å²) in [5, 5.41) is 12.2. The zero-order chi connectivity index (χ0) is 15.6. The number of aliphatic hydroxyl groups is 1. The summed E-state index contributed by atoms with van der Waals surface area (Å²) < 4.78 is 0.669. The molecule has 0 fully saturated rings. The third-order valence-corrected chi connectivity index (χ3v) is 3.40. The molecular weight excluding hydrogens is 342 g/mol. The molecule has 0 aliphatic carbocycles. The van der Waals surface area contributed by atoms with Crippen LogP contribution in [0.2, 0.25) is 0 Å². The highest BCUT2D eigenvalue weighted by atomic mass is 79.9. The molecule has 1 aromatic rings. The number of nitrogens with zero attached hydrogens (tertiary/aromatic N) is 1. The highest BCUT2D eigenvalue weighted by molar-refractivity contribution is 9.10. The lowest BCUT2D eigenvalue weighted by atomic mass is 10.0. The molecule has 8 nitrogen and oxygen atoms in total. The van der Waals surface area contributed by atoms with Crippen LogP contribution in [-0.2, 0) is 4.79 Å². The number of amides is 2. The number of aromatic amines is 1. The predicted molar refractivity (Wildman–Crippen MR) is 80.3 cm³/mol. The molecule has 2 aliphatic rings. The molecule has 0 atom stereocenters. The van der Waals surface area contributed by atoms with Crippen molar-refractivity contribution in [2.45, 2.75) is 6.42 Å². The number of aromatic nitrogens is 1. The van der Waals surface area contributed by atoms with Crippen LogP contribution in [0.5, 0.6) is 0 Å². The molecule has 0 bridgehead atoms. The van der Waals surface area contributed by atoms with Crippen molar-refractivity contribution in [1.29, 1.82) is 0 Å². The summed E-state index contributed by atoms with van der Waals surface area (Å²) in [7, 11) is 1.00. The Bertz CT molecular complexity index is 662. The van der Waals surface area contributed by atoms with Gasteiger partial charge in [-0.05, 0) is 34.0 Å². The Morgan fingerprint density at radius 2 is 2.05 bits per heavy atom. The first-order valence-corrected chi connectivity index (χ1v) is 6.86. The van der Waals surface area contributed by atoms with Gasteiger partial charge in [-0.25, -0.2) is 4.99 Å². The molecule has 3 rings (SSSR count). The summed E-state index contributed by atoms with van der Waals surface area (Å²) in [5.74, 6) is -0.469. The zero-order valence-electron chi connectivity index (χ0n) is 11.2. The monoisotopic (exact) mass is 355 g/mol. The van der Waals surface area contributed by atoms with Crippen molar-refractivity contribution in [3.8, 4) is 0 Å². The lowest BCUT2D eigenvalue weighted by Gasteiger charge is -2.04. The van der Waals surface area contributed by atoms with Crippen LogP contribution in [0.3, 0.4) is 0 Å². The maximum Gasteiger partial charge on any atom is 0.277 e. The highest BCUT2D eigenvalue weighted by Crippen LogP contribution is 2.31. The van der Waals surface area contributed by atoms with E-state index in [0.717, 1.165) is 7.11 Å². The van der Waals surface area contributed by atoms with Crippen molar-refractivity contribution in [3.63, 3.8) is 0 Å². The third kappa shape index (κ3) is 2.83.